The van der Waals surface area contributed by atoms with Crippen LogP contribution in [0.25, 0.3) is 0 Å². The van der Waals surface area contributed by atoms with Crippen LogP contribution in [0, 0.1) is 0 Å². The van der Waals surface area contributed by atoms with Gasteiger partial charge in [-0.05, 0) is 37.3 Å². The molecule has 2 aromatic carbocycles. The first-order chi connectivity index (χ1) is 14.0. The van der Waals surface area contributed by atoms with Crippen LogP contribution in [0.1, 0.15) is 18.9 Å². The molecule has 1 aliphatic rings. The van der Waals surface area contributed by atoms with Gasteiger partial charge in [-0.1, -0.05) is 41.6 Å². The molecule has 1 fully saturated rings. The normalized spacial score (nSPS) is 17.4. The minimum absolute atomic E-state index is 0.0428. The molecular formula is C20H19ClN4O3S. The maximum absolute atomic E-state index is 12.7. The summed E-state index contributed by atoms with van der Waals surface area (Å²) in [6.07, 6.45) is 1.52. The van der Waals surface area contributed by atoms with Gasteiger partial charge in [-0.2, -0.15) is 5.10 Å². The van der Waals surface area contributed by atoms with Crippen LogP contribution in [0.3, 0.4) is 0 Å². The van der Waals surface area contributed by atoms with Crippen molar-refractivity contribution in [3.63, 3.8) is 0 Å². The minimum Gasteiger partial charge on any atom is -0.494 e. The van der Waals surface area contributed by atoms with Gasteiger partial charge in [0.2, 0.25) is 11.8 Å². The average Bonchev–Trinajstić information content (AvgIpc) is 2.97. The molecule has 2 amide bonds. The van der Waals surface area contributed by atoms with Crippen molar-refractivity contribution in [3.8, 4) is 5.75 Å². The summed E-state index contributed by atoms with van der Waals surface area (Å²) in [5.41, 5.74) is 7.07. The number of hydrogen-bond donors (Lipinski definition) is 1. The Labute approximate surface area is 177 Å². The van der Waals surface area contributed by atoms with Crippen LogP contribution in [-0.2, 0) is 9.59 Å². The smallest absolute Gasteiger partial charge is 0.247 e. The van der Waals surface area contributed by atoms with Gasteiger partial charge >= 0.3 is 0 Å². The lowest BCUT2D eigenvalue weighted by molar-refractivity contribution is -0.121. The molecule has 0 bridgehead atoms. The fourth-order valence-corrected chi connectivity index (χ4v) is 3.73. The number of carbonyl (C=O) groups is 2. The van der Waals surface area contributed by atoms with Gasteiger partial charge in [0, 0.05) is 17.0 Å². The van der Waals surface area contributed by atoms with Gasteiger partial charge in [-0.15, -0.1) is 5.10 Å². The Morgan fingerprint density at radius 2 is 2.00 bits per heavy atom. The Hall–Kier alpha value is -2.84. The first-order valence-electron chi connectivity index (χ1n) is 8.87. The van der Waals surface area contributed by atoms with Crippen molar-refractivity contribution in [2.24, 2.45) is 15.9 Å². The highest BCUT2D eigenvalue weighted by Crippen LogP contribution is 2.30. The zero-order valence-electron chi connectivity index (χ0n) is 15.6. The summed E-state index contributed by atoms with van der Waals surface area (Å²) in [4.78, 5) is 26.2. The topological polar surface area (TPSA) is 97.3 Å². The summed E-state index contributed by atoms with van der Waals surface area (Å²) in [5.74, 6) is 0.0513. The van der Waals surface area contributed by atoms with Gasteiger partial charge in [0.25, 0.3) is 0 Å². The van der Waals surface area contributed by atoms with Crippen molar-refractivity contribution < 1.29 is 14.3 Å². The van der Waals surface area contributed by atoms with Crippen molar-refractivity contribution in [2.75, 3.05) is 11.5 Å². The largest absolute Gasteiger partial charge is 0.494 e. The second kappa shape index (κ2) is 9.58. The van der Waals surface area contributed by atoms with E-state index in [1.54, 1.807) is 36.4 Å². The standard InChI is InChI=1S/C20H19ClN4O3S/c1-2-28-15-9-7-14(8-10-15)25-18(26)11-17(19(25)27)29-20(22)24-23-12-13-5-3-4-6-16(13)21/h3-10,12,17H,2,11H2,1H3,(H2,22,24)/b23-12-/t17-/m1/s1. The molecular weight excluding hydrogens is 412 g/mol. The van der Waals surface area contributed by atoms with E-state index in [0.29, 0.717) is 28.6 Å². The maximum atomic E-state index is 12.7. The predicted octanol–water partition coefficient (Wildman–Crippen LogP) is 3.45. The molecule has 29 heavy (non-hydrogen) atoms. The van der Waals surface area contributed by atoms with Gasteiger partial charge in [0.1, 0.15) is 11.0 Å². The van der Waals surface area contributed by atoms with Crippen molar-refractivity contribution in [1.82, 2.24) is 0 Å². The van der Waals surface area contributed by atoms with E-state index in [9.17, 15) is 9.59 Å². The van der Waals surface area contributed by atoms with Crippen LogP contribution in [0.5, 0.6) is 5.75 Å². The van der Waals surface area contributed by atoms with E-state index >= 15 is 0 Å². The van der Waals surface area contributed by atoms with Gasteiger partial charge < -0.3 is 10.5 Å². The third-order valence-corrected chi connectivity index (χ3v) is 5.35. The molecule has 3 rings (SSSR count). The van der Waals surface area contributed by atoms with Crippen molar-refractivity contribution >= 4 is 52.2 Å². The van der Waals surface area contributed by atoms with Crippen molar-refractivity contribution in [3.05, 3.63) is 59.1 Å². The fraction of sp³-hybridized carbons (Fsp3) is 0.200. The maximum Gasteiger partial charge on any atom is 0.247 e. The quantitative estimate of drug-likeness (QED) is 0.327. The zero-order chi connectivity index (χ0) is 20.8. The van der Waals surface area contributed by atoms with Crippen molar-refractivity contribution in [2.45, 2.75) is 18.6 Å². The fourth-order valence-electron chi connectivity index (χ4n) is 2.72. The summed E-state index contributed by atoms with van der Waals surface area (Å²) in [6.45, 7) is 2.42. The van der Waals surface area contributed by atoms with Crippen LogP contribution in [0.2, 0.25) is 5.02 Å². The van der Waals surface area contributed by atoms with Crippen molar-refractivity contribution in [1.29, 1.82) is 0 Å². The molecule has 9 heteroatoms. The van der Waals surface area contributed by atoms with Gasteiger partial charge in [-0.3, -0.25) is 9.59 Å². The number of carbonyl (C=O) groups excluding carboxylic acids is 2. The summed E-state index contributed by atoms with van der Waals surface area (Å²) in [5, 5.41) is 7.77. The third-order valence-electron chi connectivity index (χ3n) is 4.03. The van der Waals surface area contributed by atoms with E-state index in [4.69, 9.17) is 22.1 Å². The van der Waals surface area contributed by atoms with E-state index in [-0.39, 0.29) is 23.4 Å². The molecule has 1 aliphatic heterocycles. The van der Waals surface area contributed by atoms with E-state index in [2.05, 4.69) is 10.2 Å². The summed E-state index contributed by atoms with van der Waals surface area (Å²) < 4.78 is 5.38. The zero-order valence-corrected chi connectivity index (χ0v) is 17.2. The van der Waals surface area contributed by atoms with Crippen LogP contribution in [-0.4, -0.2) is 35.1 Å². The second-order valence-corrected chi connectivity index (χ2v) is 7.64. The second-order valence-electron chi connectivity index (χ2n) is 6.01. The molecule has 0 saturated carbocycles. The number of halogens is 1. The molecule has 0 aliphatic carbocycles. The Balaban J connectivity index is 1.65. The van der Waals surface area contributed by atoms with E-state index in [0.717, 1.165) is 16.7 Å². The summed E-state index contributed by atoms with van der Waals surface area (Å²) >= 11 is 7.05. The Kier molecular flexibility index (Phi) is 6.90. The average molecular weight is 431 g/mol. The van der Waals surface area contributed by atoms with Gasteiger partial charge in [-0.25, -0.2) is 4.90 Å². The SMILES string of the molecule is CCOc1ccc(N2C(=O)C[C@@H](SC(N)=N/N=C\c3ccccc3Cl)C2=O)cc1. The number of hydrogen-bond acceptors (Lipinski definition) is 6. The molecule has 2 N–H and O–H groups in total. The Morgan fingerprint density at radius 3 is 2.69 bits per heavy atom. The Bertz CT molecular complexity index is 962. The number of benzene rings is 2. The molecule has 0 spiro atoms. The number of ether oxygens (including phenoxy) is 1. The Morgan fingerprint density at radius 1 is 1.28 bits per heavy atom. The lowest BCUT2D eigenvalue weighted by Crippen LogP contribution is -2.31. The molecule has 0 radical (unpaired) electrons. The highest BCUT2D eigenvalue weighted by molar-refractivity contribution is 8.14. The number of anilines is 1. The lowest BCUT2D eigenvalue weighted by atomic mass is 10.2. The van der Waals surface area contributed by atoms with E-state index < -0.39 is 5.25 Å². The molecule has 2 aromatic rings. The number of amides is 2. The third kappa shape index (κ3) is 5.16. The van der Waals surface area contributed by atoms with Crippen LogP contribution < -0.4 is 15.4 Å². The van der Waals surface area contributed by atoms with Crippen LogP contribution >= 0.6 is 23.4 Å². The summed E-state index contributed by atoms with van der Waals surface area (Å²) in [6, 6.07) is 14.0. The molecule has 7 nitrogen and oxygen atoms in total. The molecule has 150 valence electrons. The summed E-state index contributed by atoms with van der Waals surface area (Å²) in [7, 11) is 0. The first-order valence-corrected chi connectivity index (χ1v) is 10.1. The van der Waals surface area contributed by atoms with Crippen LogP contribution in [0.15, 0.2) is 58.7 Å². The highest BCUT2D eigenvalue weighted by atomic mass is 35.5. The number of imide groups is 1. The lowest BCUT2D eigenvalue weighted by Gasteiger charge is -2.15. The van der Waals surface area contributed by atoms with Crippen LogP contribution in [0.4, 0.5) is 5.69 Å². The number of thioether (sulfide) groups is 1. The minimum atomic E-state index is -0.645. The predicted molar refractivity (Wildman–Crippen MR) is 117 cm³/mol. The van der Waals surface area contributed by atoms with E-state index in [1.807, 2.05) is 19.1 Å². The molecule has 1 saturated heterocycles. The van der Waals surface area contributed by atoms with Gasteiger partial charge in [0.15, 0.2) is 5.17 Å². The molecule has 0 unspecified atom stereocenters. The van der Waals surface area contributed by atoms with Gasteiger partial charge in [0.05, 0.1) is 18.5 Å². The number of nitrogens with two attached hydrogens (primary N) is 1. The molecule has 1 atom stereocenters. The van der Waals surface area contributed by atoms with E-state index in [1.165, 1.54) is 6.21 Å². The monoisotopic (exact) mass is 430 g/mol. The number of rotatable bonds is 6. The first kappa shape index (κ1) is 20.9. The number of nitrogens with zero attached hydrogens (tertiary/aromatic N) is 3. The molecule has 1 heterocycles. The highest BCUT2D eigenvalue weighted by Gasteiger charge is 2.40. The molecule has 0 aromatic heterocycles. The number of amidine groups is 1.